The minimum Gasteiger partial charge on any atom is -0.469 e. The second-order valence-electron chi connectivity index (χ2n) is 6.31. The molecule has 0 amide bonds. The molecule has 1 saturated heterocycles. The molecule has 1 aliphatic rings. The zero-order chi connectivity index (χ0) is 19.4. The van der Waals surface area contributed by atoms with E-state index in [0.717, 1.165) is 5.56 Å². The Morgan fingerprint density at radius 2 is 1.89 bits per heavy atom. The summed E-state index contributed by atoms with van der Waals surface area (Å²) in [4.78, 5) is 32.7. The van der Waals surface area contributed by atoms with Gasteiger partial charge in [0, 0.05) is 13.1 Å². The van der Waals surface area contributed by atoms with Crippen LogP contribution in [-0.2, 0) is 9.53 Å². The van der Waals surface area contributed by atoms with Crippen LogP contribution in [0.1, 0.15) is 18.4 Å². The highest BCUT2D eigenvalue weighted by atomic mass is 16.6. The molecule has 1 aliphatic heterocycles. The molecule has 9 heteroatoms. The number of rotatable bonds is 5. The number of anilines is 1. The van der Waals surface area contributed by atoms with Gasteiger partial charge in [0.1, 0.15) is 12.1 Å². The van der Waals surface area contributed by atoms with Crippen LogP contribution < -0.4 is 9.64 Å². The van der Waals surface area contributed by atoms with E-state index in [9.17, 15) is 14.9 Å². The van der Waals surface area contributed by atoms with Crippen molar-refractivity contribution >= 4 is 17.5 Å². The van der Waals surface area contributed by atoms with Crippen LogP contribution in [0, 0.1) is 23.0 Å². The van der Waals surface area contributed by atoms with Gasteiger partial charge in [0.05, 0.1) is 18.0 Å². The van der Waals surface area contributed by atoms with Gasteiger partial charge in [-0.25, -0.2) is 4.98 Å². The number of piperidine rings is 1. The van der Waals surface area contributed by atoms with E-state index in [-0.39, 0.29) is 29.3 Å². The molecule has 0 spiro atoms. The smallest absolute Gasteiger partial charge is 0.373 e. The summed E-state index contributed by atoms with van der Waals surface area (Å²) < 4.78 is 10.4. The molecular formula is C18H20N4O5. The van der Waals surface area contributed by atoms with E-state index >= 15 is 0 Å². The summed E-state index contributed by atoms with van der Waals surface area (Å²) in [5, 5.41) is 11.7. The van der Waals surface area contributed by atoms with Crippen LogP contribution >= 0.6 is 0 Å². The van der Waals surface area contributed by atoms with Crippen LogP contribution in [0.25, 0.3) is 0 Å². The Bertz CT molecular complexity index is 832. The number of ether oxygens (including phenoxy) is 2. The van der Waals surface area contributed by atoms with Crippen molar-refractivity contribution in [3.63, 3.8) is 0 Å². The minimum absolute atomic E-state index is 0.107. The molecule has 9 nitrogen and oxygen atoms in total. The molecule has 27 heavy (non-hydrogen) atoms. The van der Waals surface area contributed by atoms with Gasteiger partial charge in [-0.05, 0) is 31.9 Å². The van der Waals surface area contributed by atoms with Gasteiger partial charge in [0.2, 0.25) is 5.82 Å². The fraction of sp³-hybridized carbons (Fsp3) is 0.389. The van der Waals surface area contributed by atoms with Crippen LogP contribution in [-0.4, -0.2) is 41.1 Å². The van der Waals surface area contributed by atoms with Gasteiger partial charge in [0.15, 0.2) is 0 Å². The van der Waals surface area contributed by atoms with Crippen molar-refractivity contribution in [2.45, 2.75) is 19.8 Å². The van der Waals surface area contributed by atoms with Gasteiger partial charge in [-0.2, -0.15) is 4.98 Å². The Labute approximate surface area is 156 Å². The number of nitrogens with zero attached hydrogens (tertiary/aromatic N) is 4. The molecule has 0 unspecified atom stereocenters. The molecule has 0 radical (unpaired) electrons. The third-order valence-electron chi connectivity index (χ3n) is 4.52. The summed E-state index contributed by atoms with van der Waals surface area (Å²) in [6.45, 7) is 2.86. The van der Waals surface area contributed by atoms with Crippen LogP contribution in [0.5, 0.6) is 11.6 Å². The van der Waals surface area contributed by atoms with Gasteiger partial charge in [0.25, 0.3) is 0 Å². The number of carbonyl (C=O) groups is 1. The maximum atomic E-state index is 11.7. The van der Waals surface area contributed by atoms with Crippen LogP contribution in [0.3, 0.4) is 0 Å². The van der Waals surface area contributed by atoms with Crippen LogP contribution in [0.15, 0.2) is 30.6 Å². The van der Waals surface area contributed by atoms with E-state index in [0.29, 0.717) is 31.7 Å². The lowest BCUT2D eigenvalue weighted by molar-refractivity contribution is -0.385. The summed E-state index contributed by atoms with van der Waals surface area (Å²) in [5.41, 5.74) is 0.767. The highest BCUT2D eigenvalue weighted by Crippen LogP contribution is 2.37. The summed E-state index contributed by atoms with van der Waals surface area (Å²) in [7, 11) is 1.36. The molecule has 2 aromatic rings. The predicted octanol–water partition coefficient (Wildman–Crippen LogP) is 2.87. The summed E-state index contributed by atoms with van der Waals surface area (Å²) in [6.07, 6.45) is 2.34. The van der Waals surface area contributed by atoms with E-state index in [1.807, 2.05) is 19.1 Å². The number of aromatic nitrogens is 2. The largest absolute Gasteiger partial charge is 0.469 e. The number of methoxy groups -OCH3 is 1. The quantitative estimate of drug-likeness (QED) is 0.448. The fourth-order valence-electron chi connectivity index (χ4n) is 3.03. The van der Waals surface area contributed by atoms with Crippen molar-refractivity contribution < 1.29 is 19.2 Å². The SMILES string of the molecule is COC(=O)C1CCN(c2ncnc(Oc3ccc(C)cc3)c2[N+](=O)[O-])CC1. The average molecular weight is 372 g/mol. The first-order valence-corrected chi connectivity index (χ1v) is 8.56. The number of hydrogen-bond acceptors (Lipinski definition) is 8. The second kappa shape index (κ2) is 7.98. The monoisotopic (exact) mass is 372 g/mol. The first kappa shape index (κ1) is 18.6. The molecule has 0 N–H and O–H groups in total. The molecule has 0 bridgehead atoms. The molecule has 1 fully saturated rings. The summed E-state index contributed by atoms with van der Waals surface area (Å²) in [6, 6.07) is 7.15. The van der Waals surface area contributed by atoms with Gasteiger partial charge in [-0.15, -0.1) is 0 Å². The normalized spacial score (nSPS) is 14.7. The number of hydrogen-bond donors (Lipinski definition) is 0. The number of aryl methyl sites for hydroxylation is 1. The third-order valence-corrected chi connectivity index (χ3v) is 4.52. The summed E-state index contributed by atoms with van der Waals surface area (Å²) in [5.74, 6) is 0.0905. The molecule has 3 rings (SSSR count). The first-order valence-electron chi connectivity index (χ1n) is 8.56. The standard InChI is InChI=1S/C18H20N4O5/c1-12-3-5-14(6-4-12)27-17-15(22(24)25)16(19-11-20-17)21-9-7-13(8-10-21)18(23)26-2/h3-6,11,13H,7-10H2,1-2H3. The van der Waals surface area contributed by atoms with E-state index in [1.165, 1.54) is 13.4 Å². The van der Waals surface area contributed by atoms with Crippen molar-refractivity contribution in [2.24, 2.45) is 5.92 Å². The van der Waals surface area contributed by atoms with E-state index in [4.69, 9.17) is 9.47 Å². The predicted molar refractivity (Wildman–Crippen MR) is 96.9 cm³/mol. The molecule has 1 aromatic heterocycles. The van der Waals surface area contributed by atoms with Gasteiger partial charge in [-0.3, -0.25) is 14.9 Å². The van der Waals surface area contributed by atoms with Crippen molar-refractivity contribution in [2.75, 3.05) is 25.1 Å². The molecule has 0 atom stereocenters. The van der Waals surface area contributed by atoms with Gasteiger partial charge < -0.3 is 14.4 Å². The first-order chi connectivity index (χ1) is 13.0. The Balaban J connectivity index is 1.85. The lowest BCUT2D eigenvalue weighted by Gasteiger charge is -2.31. The van der Waals surface area contributed by atoms with Crippen molar-refractivity contribution in [3.8, 4) is 11.6 Å². The number of benzene rings is 1. The Kier molecular flexibility index (Phi) is 5.49. The van der Waals surface area contributed by atoms with Gasteiger partial charge in [-0.1, -0.05) is 17.7 Å². The van der Waals surface area contributed by atoms with Crippen LogP contribution in [0.2, 0.25) is 0 Å². The van der Waals surface area contributed by atoms with Crippen molar-refractivity contribution in [1.29, 1.82) is 0 Å². The number of carbonyl (C=O) groups excluding carboxylic acids is 1. The maximum absolute atomic E-state index is 11.7. The molecule has 0 saturated carbocycles. The maximum Gasteiger partial charge on any atom is 0.373 e. The van der Waals surface area contributed by atoms with E-state index in [1.54, 1.807) is 17.0 Å². The van der Waals surface area contributed by atoms with Crippen LogP contribution in [0.4, 0.5) is 11.5 Å². The zero-order valence-corrected chi connectivity index (χ0v) is 15.1. The van der Waals surface area contributed by atoms with E-state index in [2.05, 4.69) is 9.97 Å². The number of nitro groups is 1. The fourth-order valence-corrected chi connectivity index (χ4v) is 3.03. The van der Waals surface area contributed by atoms with Gasteiger partial charge >= 0.3 is 17.5 Å². The summed E-state index contributed by atoms with van der Waals surface area (Å²) >= 11 is 0. The lowest BCUT2D eigenvalue weighted by atomic mass is 9.97. The highest BCUT2D eigenvalue weighted by molar-refractivity contribution is 5.73. The lowest BCUT2D eigenvalue weighted by Crippen LogP contribution is -2.37. The molecule has 1 aromatic carbocycles. The third kappa shape index (κ3) is 4.13. The average Bonchev–Trinajstić information content (AvgIpc) is 2.69. The second-order valence-corrected chi connectivity index (χ2v) is 6.31. The van der Waals surface area contributed by atoms with Crippen molar-refractivity contribution in [1.82, 2.24) is 9.97 Å². The molecule has 2 heterocycles. The zero-order valence-electron chi connectivity index (χ0n) is 15.1. The molecule has 142 valence electrons. The van der Waals surface area contributed by atoms with E-state index < -0.39 is 4.92 Å². The topological polar surface area (TPSA) is 108 Å². The molecular weight excluding hydrogens is 352 g/mol. The number of esters is 1. The minimum atomic E-state index is -0.536. The Morgan fingerprint density at radius 1 is 1.22 bits per heavy atom. The Morgan fingerprint density at radius 3 is 2.48 bits per heavy atom. The Hall–Kier alpha value is -3.23. The van der Waals surface area contributed by atoms with Crippen molar-refractivity contribution in [3.05, 3.63) is 46.3 Å². The molecule has 0 aliphatic carbocycles. The highest BCUT2D eigenvalue weighted by Gasteiger charge is 2.33.